The zero-order chi connectivity index (χ0) is 12.3. The highest BCUT2D eigenvalue weighted by molar-refractivity contribution is 5.96. The largest absolute Gasteiger partial charge is 0.317 e. The summed E-state index contributed by atoms with van der Waals surface area (Å²) in [7, 11) is 1.95. The van der Waals surface area contributed by atoms with Gasteiger partial charge in [0.1, 0.15) is 0 Å². The quantitative estimate of drug-likeness (QED) is 0.860. The monoisotopic (exact) mass is 232 g/mol. The van der Waals surface area contributed by atoms with Crippen molar-refractivity contribution in [2.75, 3.05) is 18.5 Å². The van der Waals surface area contributed by atoms with Crippen LogP contribution in [-0.2, 0) is 11.2 Å². The first-order valence-electron chi connectivity index (χ1n) is 6.28. The van der Waals surface area contributed by atoms with Crippen molar-refractivity contribution in [3.8, 4) is 0 Å². The highest BCUT2D eigenvalue weighted by Crippen LogP contribution is 2.27. The molecule has 0 radical (unpaired) electrons. The van der Waals surface area contributed by atoms with Gasteiger partial charge in [-0.05, 0) is 38.4 Å². The number of hydrogen-bond donors (Lipinski definition) is 1. The summed E-state index contributed by atoms with van der Waals surface area (Å²) in [4.78, 5) is 13.9. The second-order valence-corrected chi connectivity index (χ2v) is 4.65. The van der Waals surface area contributed by atoms with Gasteiger partial charge in [-0.2, -0.15) is 0 Å². The fourth-order valence-corrected chi connectivity index (χ4v) is 2.21. The van der Waals surface area contributed by atoms with E-state index in [0.29, 0.717) is 12.5 Å². The van der Waals surface area contributed by atoms with E-state index < -0.39 is 0 Å². The van der Waals surface area contributed by atoms with Gasteiger partial charge in [0.15, 0.2) is 0 Å². The molecule has 1 amide bonds. The van der Waals surface area contributed by atoms with E-state index in [2.05, 4.69) is 24.4 Å². The average Bonchev–Trinajstić information content (AvgIpc) is 2.37. The Hall–Kier alpha value is -1.35. The second-order valence-electron chi connectivity index (χ2n) is 4.65. The maximum Gasteiger partial charge on any atom is 0.227 e. The molecule has 1 aromatic carbocycles. The Morgan fingerprint density at radius 2 is 2.12 bits per heavy atom. The van der Waals surface area contributed by atoms with Crippen LogP contribution in [0.5, 0.6) is 0 Å². The molecule has 0 spiro atoms. The van der Waals surface area contributed by atoms with E-state index in [0.717, 1.165) is 25.1 Å². The van der Waals surface area contributed by atoms with Crippen molar-refractivity contribution in [1.29, 1.82) is 0 Å². The van der Waals surface area contributed by atoms with E-state index in [9.17, 15) is 4.79 Å². The molecule has 3 heteroatoms. The zero-order valence-corrected chi connectivity index (χ0v) is 10.6. The third-order valence-electron chi connectivity index (χ3n) is 3.47. The van der Waals surface area contributed by atoms with Crippen molar-refractivity contribution >= 4 is 11.6 Å². The second kappa shape index (κ2) is 5.32. The Morgan fingerprint density at radius 3 is 2.88 bits per heavy atom. The number of hydrogen-bond acceptors (Lipinski definition) is 2. The Balaban J connectivity index is 2.13. The molecule has 0 saturated carbocycles. The normalized spacial score (nSPS) is 16.8. The van der Waals surface area contributed by atoms with E-state index >= 15 is 0 Å². The smallest absolute Gasteiger partial charge is 0.227 e. The van der Waals surface area contributed by atoms with Gasteiger partial charge in [-0.1, -0.05) is 18.2 Å². The van der Waals surface area contributed by atoms with Gasteiger partial charge >= 0.3 is 0 Å². The minimum Gasteiger partial charge on any atom is -0.317 e. The maximum atomic E-state index is 12.0. The molecule has 0 aromatic heterocycles. The lowest BCUT2D eigenvalue weighted by molar-refractivity contribution is -0.118. The summed E-state index contributed by atoms with van der Waals surface area (Å²) in [6.45, 7) is 2.94. The number of carbonyl (C=O) groups is 1. The molecule has 0 aliphatic carbocycles. The fourth-order valence-electron chi connectivity index (χ4n) is 2.21. The number of rotatable bonds is 4. The zero-order valence-electron chi connectivity index (χ0n) is 10.6. The van der Waals surface area contributed by atoms with Crippen LogP contribution in [0.15, 0.2) is 24.3 Å². The molecule has 1 aliphatic rings. The summed E-state index contributed by atoms with van der Waals surface area (Å²) in [5, 5.41) is 3.21. The number of para-hydroxylation sites is 1. The summed E-state index contributed by atoms with van der Waals surface area (Å²) in [6.07, 6.45) is 2.51. The van der Waals surface area contributed by atoms with Crippen LogP contribution in [0.25, 0.3) is 0 Å². The van der Waals surface area contributed by atoms with Crippen molar-refractivity contribution in [2.24, 2.45) is 0 Å². The summed E-state index contributed by atoms with van der Waals surface area (Å²) in [5.74, 6) is 0.256. The lowest BCUT2D eigenvalue weighted by Gasteiger charge is -2.30. The van der Waals surface area contributed by atoms with Crippen molar-refractivity contribution in [1.82, 2.24) is 5.32 Å². The lowest BCUT2D eigenvalue weighted by Crippen LogP contribution is -2.38. The van der Waals surface area contributed by atoms with Crippen LogP contribution in [0.4, 0.5) is 5.69 Å². The van der Waals surface area contributed by atoms with E-state index in [-0.39, 0.29) is 5.91 Å². The number of carbonyl (C=O) groups excluding carboxylic acids is 1. The summed E-state index contributed by atoms with van der Waals surface area (Å²) in [6, 6.07) is 8.67. The number of nitrogens with one attached hydrogen (secondary N) is 1. The molecule has 1 aromatic rings. The van der Waals surface area contributed by atoms with E-state index in [1.807, 2.05) is 24.1 Å². The highest BCUT2D eigenvalue weighted by Gasteiger charge is 2.23. The van der Waals surface area contributed by atoms with Crippen LogP contribution in [-0.4, -0.2) is 25.5 Å². The van der Waals surface area contributed by atoms with Crippen molar-refractivity contribution in [3.05, 3.63) is 29.8 Å². The summed E-state index contributed by atoms with van der Waals surface area (Å²) < 4.78 is 0. The van der Waals surface area contributed by atoms with Gasteiger partial charge in [0.25, 0.3) is 0 Å². The number of nitrogens with zero attached hydrogens (tertiary/aromatic N) is 1. The number of aryl methyl sites for hydroxylation is 1. The van der Waals surface area contributed by atoms with Gasteiger partial charge in [0.05, 0.1) is 0 Å². The Bertz CT molecular complexity index is 403. The average molecular weight is 232 g/mol. The number of benzene rings is 1. The number of fused-ring (bicyclic) bond motifs is 1. The molecular weight excluding hydrogens is 212 g/mol. The molecule has 0 saturated heterocycles. The van der Waals surface area contributed by atoms with Crippen LogP contribution in [0, 0.1) is 0 Å². The van der Waals surface area contributed by atoms with Gasteiger partial charge in [-0.15, -0.1) is 0 Å². The van der Waals surface area contributed by atoms with Gasteiger partial charge < -0.3 is 10.2 Å². The molecule has 1 heterocycles. The SMILES string of the molecule is CNC(C)CCN1C(=O)CCc2ccccc21. The summed E-state index contributed by atoms with van der Waals surface area (Å²) in [5.41, 5.74) is 2.40. The van der Waals surface area contributed by atoms with Crippen LogP contribution in [0.3, 0.4) is 0 Å². The first-order chi connectivity index (χ1) is 8.22. The van der Waals surface area contributed by atoms with Crippen molar-refractivity contribution in [2.45, 2.75) is 32.2 Å². The molecule has 1 unspecified atom stereocenters. The third-order valence-corrected chi connectivity index (χ3v) is 3.47. The van der Waals surface area contributed by atoms with Gasteiger partial charge in [-0.25, -0.2) is 0 Å². The van der Waals surface area contributed by atoms with E-state index in [4.69, 9.17) is 0 Å². The molecule has 0 fully saturated rings. The third kappa shape index (κ3) is 2.67. The number of amides is 1. The first kappa shape index (κ1) is 12.1. The molecule has 1 atom stereocenters. The van der Waals surface area contributed by atoms with E-state index in [1.54, 1.807) is 0 Å². The molecular formula is C14H20N2O. The van der Waals surface area contributed by atoms with Crippen LogP contribution in [0.2, 0.25) is 0 Å². The lowest BCUT2D eigenvalue weighted by atomic mass is 10.0. The van der Waals surface area contributed by atoms with Crippen molar-refractivity contribution < 1.29 is 4.79 Å². The van der Waals surface area contributed by atoms with Gasteiger partial charge in [0.2, 0.25) is 5.91 Å². The van der Waals surface area contributed by atoms with Crippen LogP contribution in [0.1, 0.15) is 25.3 Å². The van der Waals surface area contributed by atoms with Gasteiger partial charge in [-0.3, -0.25) is 4.79 Å². The molecule has 1 N–H and O–H groups in total. The Kier molecular flexibility index (Phi) is 3.79. The maximum absolute atomic E-state index is 12.0. The van der Waals surface area contributed by atoms with E-state index in [1.165, 1.54) is 5.56 Å². The molecule has 2 rings (SSSR count). The molecule has 92 valence electrons. The minimum atomic E-state index is 0.256. The highest BCUT2D eigenvalue weighted by atomic mass is 16.2. The first-order valence-corrected chi connectivity index (χ1v) is 6.28. The standard InChI is InChI=1S/C14H20N2O/c1-11(15-2)9-10-16-13-6-4-3-5-12(13)7-8-14(16)17/h3-6,11,15H,7-10H2,1-2H3. The van der Waals surface area contributed by atoms with Gasteiger partial charge in [0, 0.05) is 24.7 Å². The van der Waals surface area contributed by atoms with Crippen LogP contribution < -0.4 is 10.2 Å². The molecule has 1 aliphatic heterocycles. The van der Waals surface area contributed by atoms with Crippen molar-refractivity contribution in [3.63, 3.8) is 0 Å². The summed E-state index contributed by atoms with van der Waals surface area (Å²) >= 11 is 0. The Labute approximate surface area is 103 Å². The minimum absolute atomic E-state index is 0.256. The molecule has 17 heavy (non-hydrogen) atoms. The topological polar surface area (TPSA) is 32.3 Å². The Morgan fingerprint density at radius 1 is 1.35 bits per heavy atom. The molecule has 0 bridgehead atoms. The molecule has 3 nitrogen and oxygen atoms in total. The predicted molar refractivity (Wildman–Crippen MR) is 70.3 cm³/mol. The number of anilines is 1. The fraction of sp³-hybridized carbons (Fsp3) is 0.500. The predicted octanol–water partition coefficient (Wildman–Crippen LogP) is 1.96. The van der Waals surface area contributed by atoms with Crippen LogP contribution >= 0.6 is 0 Å².